The molecule has 0 aliphatic rings. The number of aromatic amines is 1. The fourth-order valence-corrected chi connectivity index (χ4v) is 3.36. The second kappa shape index (κ2) is 12.4. The van der Waals surface area contributed by atoms with Gasteiger partial charge >= 0.3 is 0 Å². The third-order valence-electron chi connectivity index (χ3n) is 4.79. The van der Waals surface area contributed by atoms with Gasteiger partial charge in [0.2, 0.25) is 6.41 Å². The minimum Gasteiger partial charge on any atom is -0.494 e. The Morgan fingerprint density at radius 3 is 2.46 bits per heavy atom. The molecule has 4 aromatic heterocycles. The number of nitrogens with two attached hydrogens (primary N) is 1. The fraction of sp³-hybridized carbons (Fsp3) is 0.125. The maximum absolute atomic E-state index is 13.3. The number of halogens is 3. The van der Waals surface area contributed by atoms with E-state index in [1.165, 1.54) is 43.9 Å². The molecule has 0 bridgehead atoms. The van der Waals surface area contributed by atoms with E-state index < -0.39 is 12.2 Å². The maximum atomic E-state index is 13.3. The van der Waals surface area contributed by atoms with E-state index in [-0.39, 0.29) is 22.6 Å². The van der Waals surface area contributed by atoms with Crippen molar-refractivity contribution in [2.45, 2.75) is 13.3 Å². The van der Waals surface area contributed by atoms with Crippen LogP contribution in [0.3, 0.4) is 0 Å². The molecule has 0 aliphatic heterocycles. The van der Waals surface area contributed by atoms with E-state index in [4.69, 9.17) is 21.7 Å². The Balaban J connectivity index is 0.00000121. The number of hydrogen-bond donors (Lipinski definition) is 2. The molecule has 0 spiro atoms. The summed E-state index contributed by atoms with van der Waals surface area (Å²) in [5.41, 5.74) is 6.99. The van der Waals surface area contributed by atoms with Crippen LogP contribution < -0.4 is 10.5 Å². The molecule has 9 nitrogen and oxygen atoms in total. The Labute approximate surface area is 214 Å². The minimum atomic E-state index is -2.73. The number of pyridine rings is 3. The second-order valence-electron chi connectivity index (χ2n) is 7.23. The monoisotopic (exact) mass is 527 g/mol. The molecule has 4 rings (SSSR count). The lowest BCUT2D eigenvalue weighted by Gasteiger charge is -2.13. The van der Waals surface area contributed by atoms with Gasteiger partial charge in [-0.05, 0) is 36.8 Å². The summed E-state index contributed by atoms with van der Waals surface area (Å²) < 4.78 is 45.2. The van der Waals surface area contributed by atoms with Gasteiger partial charge in [0.15, 0.2) is 5.82 Å². The SMILES string of the molecule is COc1cnc(C(F)F)cc1-c1cc(C)ncc1C=Nc1ncc(-c2ccc(F)cn2)[nH]c1=S.NC=O. The number of carbonyl (C=O) groups excluding carboxylic acids is 1. The number of amides is 1. The van der Waals surface area contributed by atoms with Crippen molar-refractivity contribution in [3.63, 3.8) is 0 Å². The Hall–Kier alpha value is -4.52. The van der Waals surface area contributed by atoms with Crippen molar-refractivity contribution in [1.29, 1.82) is 0 Å². The predicted molar refractivity (Wildman–Crippen MR) is 134 cm³/mol. The minimum absolute atomic E-state index is 0.224. The maximum Gasteiger partial charge on any atom is 0.280 e. The zero-order chi connectivity index (χ0) is 26.9. The first-order chi connectivity index (χ1) is 17.8. The van der Waals surface area contributed by atoms with Crippen LogP contribution in [0.25, 0.3) is 22.5 Å². The van der Waals surface area contributed by atoms with Crippen LogP contribution in [0.2, 0.25) is 0 Å². The summed E-state index contributed by atoms with van der Waals surface area (Å²) in [5.74, 6) is 0.101. The van der Waals surface area contributed by atoms with Crippen LogP contribution in [-0.4, -0.2) is 44.7 Å². The molecule has 0 radical (unpaired) electrons. The average Bonchev–Trinajstić information content (AvgIpc) is 2.89. The van der Waals surface area contributed by atoms with Crippen LogP contribution in [0.5, 0.6) is 5.75 Å². The number of aryl methyl sites for hydroxylation is 1. The van der Waals surface area contributed by atoms with Gasteiger partial charge in [-0.15, -0.1) is 0 Å². The molecule has 0 fully saturated rings. The molecule has 13 heteroatoms. The first-order valence-electron chi connectivity index (χ1n) is 10.5. The van der Waals surface area contributed by atoms with Gasteiger partial charge in [0.1, 0.15) is 21.9 Å². The van der Waals surface area contributed by atoms with E-state index in [2.05, 4.69) is 35.6 Å². The highest BCUT2D eigenvalue weighted by atomic mass is 32.1. The second-order valence-corrected chi connectivity index (χ2v) is 7.64. The van der Waals surface area contributed by atoms with Crippen molar-refractivity contribution in [3.8, 4) is 28.3 Å². The van der Waals surface area contributed by atoms with Crippen molar-refractivity contribution in [2.24, 2.45) is 10.7 Å². The van der Waals surface area contributed by atoms with E-state index in [1.54, 1.807) is 19.2 Å². The van der Waals surface area contributed by atoms with Crippen LogP contribution in [0.1, 0.15) is 23.4 Å². The summed E-state index contributed by atoms with van der Waals surface area (Å²) in [6, 6.07) is 5.81. The number of hydrogen-bond acceptors (Lipinski definition) is 8. The van der Waals surface area contributed by atoms with E-state index in [1.807, 2.05) is 0 Å². The highest BCUT2D eigenvalue weighted by Gasteiger charge is 2.17. The lowest BCUT2D eigenvalue weighted by molar-refractivity contribution is -0.106. The summed E-state index contributed by atoms with van der Waals surface area (Å²) in [5, 5.41) is 0. The topological polar surface area (TPSA) is 132 Å². The summed E-state index contributed by atoms with van der Waals surface area (Å²) in [6.45, 7) is 1.78. The number of carbonyl (C=O) groups is 1. The molecular weight excluding hydrogens is 507 g/mol. The highest BCUT2D eigenvalue weighted by molar-refractivity contribution is 7.71. The Kier molecular flexibility index (Phi) is 9.11. The smallest absolute Gasteiger partial charge is 0.280 e. The van der Waals surface area contributed by atoms with Gasteiger partial charge in [-0.25, -0.2) is 23.1 Å². The molecule has 0 saturated carbocycles. The van der Waals surface area contributed by atoms with Crippen LogP contribution in [-0.2, 0) is 4.79 Å². The van der Waals surface area contributed by atoms with Crippen LogP contribution >= 0.6 is 12.2 Å². The molecule has 0 aromatic carbocycles. The summed E-state index contributed by atoms with van der Waals surface area (Å²) in [7, 11) is 1.44. The van der Waals surface area contributed by atoms with Gasteiger partial charge in [0, 0.05) is 29.2 Å². The average molecular weight is 528 g/mol. The molecule has 1 amide bonds. The molecule has 4 heterocycles. The van der Waals surface area contributed by atoms with Crippen molar-refractivity contribution < 1.29 is 22.7 Å². The summed E-state index contributed by atoms with van der Waals surface area (Å²) in [6.07, 6.45) is 4.41. The number of alkyl halides is 2. The quantitative estimate of drug-likeness (QED) is 0.207. The van der Waals surface area contributed by atoms with Crippen molar-refractivity contribution >= 4 is 30.7 Å². The summed E-state index contributed by atoms with van der Waals surface area (Å²) >= 11 is 5.35. The highest BCUT2D eigenvalue weighted by Crippen LogP contribution is 2.34. The molecule has 0 unspecified atom stereocenters. The molecule has 0 saturated heterocycles. The van der Waals surface area contributed by atoms with Gasteiger partial charge in [-0.1, -0.05) is 12.2 Å². The number of aromatic nitrogens is 5. The Morgan fingerprint density at radius 1 is 1.08 bits per heavy atom. The fourth-order valence-electron chi connectivity index (χ4n) is 3.14. The van der Waals surface area contributed by atoms with E-state index in [9.17, 15) is 13.2 Å². The van der Waals surface area contributed by atoms with Gasteiger partial charge < -0.3 is 15.5 Å². The summed E-state index contributed by atoms with van der Waals surface area (Å²) in [4.78, 5) is 32.2. The first kappa shape index (κ1) is 27.1. The number of rotatable bonds is 6. The molecule has 37 heavy (non-hydrogen) atoms. The first-order valence-corrected chi connectivity index (χ1v) is 10.9. The molecule has 4 aromatic rings. The molecule has 3 N–H and O–H groups in total. The van der Waals surface area contributed by atoms with Gasteiger partial charge in [0.05, 0.1) is 37.1 Å². The van der Waals surface area contributed by atoms with Crippen LogP contribution in [0, 0.1) is 17.4 Å². The van der Waals surface area contributed by atoms with E-state index in [0.29, 0.717) is 39.5 Å². The van der Waals surface area contributed by atoms with Gasteiger partial charge in [-0.3, -0.25) is 19.7 Å². The zero-order valence-corrected chi connectivity index (χ0v) is 20.3. The number of nitrogens with zero attached hydrogens (tertiary/aromatic N) is 5. The number of primary amides is 1. The van der Waals surface area contributed by atoms with E-state index in [0.717, 1.165) is 6.20 Å². The zero-order valence-electron chi connectivity index (χ0n) is 19.5. The Bertz CT molecular complexity index is 1480. The third kappa shape index (κ3) is 6.79. The van der Waals surface area contributed by atoms with Crippen molar-refractivity contribution in [1.82, 2.24) is 24.9 Å². The molecular formula is C24H20F3N7O2S. The van der Waals surface area contributed by atoms with Crippen LogP contribution in [0.4, 0.5) is 19.0 Å². The van der Waals surface area contributed by atoms with Gasteiger partial charge in [-0.2, -0.15) is 0 Å². The lowest BCUT2D eigenvalue weighted by atomic mass is 10.0. The predicted octanol–water partition coefficient (Wildman–Crippen LogP) is 4.90. The third-order valence-corrected chi connectivity index (χ3v) is 5.07. The normalized spacial score (nSPS) is 10.8. The largest absolute Gasteiger partial charge is 0.494 e. The van der Waals surface area contributed by atoms with Crippen molar-refractivity contribution in [3.05, 3.63) is 76.5 Å². The molecule has 0 atom stereocenters. The van der Waals surface area contributed by atoms with Gasteiger partial charge in [0.25, 0.3) is 6.43 Å². The number of nitrogens with one attached hydrogen (secondary N) is 1. The number of aliphatic imine (C=N–C) groups is 1. The number of H-pyrrole nitrogens is 1. The standard InChI is InChI=1S/C23H17F3N6OS.CH3NO/c1-12-5-15(16-6-18(21(25)26)29-11-20(16)33-2)13(7-27-12)8-30-22-23(34)32-19(10-31-22)17-4-3-14(24)9-28-17;2-1-3/h3-11,21H,1-2H3,(H,32,34);1H,(H2,2,3). The lowest BCUT2D eigenvalue weighted by Crippen LogP contribution is -1.99. The van der Waals surface area contributed by atoms with Crippen LogP contribution in [0.15, 0.2) is 54.0 Å². The van der Waals surface area contributed by atoms with E-state index >= 15 is 0 Å². The van der Waals surface area contributed by atoms with Crippen molar-refractivity contribution in [2.75, 3.05) is 7.11 Å². The number of ether oxygens (including phenoxy) is 1. The molecule has 0 aliphatic carbocycles. The Morgan fingerprint density at radius 2 is 1.84 bits per heavy atom. The number of methoxy groups -OCH3 is 1. The molecule has 190 valence electrons.